The molecular weight excluding hydrogens is 267 g/mol. The van der Waals surface area contributed by atoms with E-state index in [2.05, 4.69) is 13.8 Å². The highest BCUT2D eigenvalue weighted by Gasteiger charge is 2.35. The molecule has 3 nitrogen and oxygen atoms in total. The maximum atomic E-state index is 14.4. The zero-order valence-corrected chi connectivity index (χ0v) is 13.6. The number of piperazine rings is 1. The van der Waals surface area contributed by atoms with Gasteiger partial charge in [-0.3, -0.25) is 4.79 Å². The minimum Gasteiger partial charge on any atom is -0.365 e. The SMILES string of the molecule is CC(=O)N1CCN(c2ccc(C(C)C)cc2F)CC1(C)C. The van der Waals surface area contributed by atoms with Crippen LogP contribution >= 0.6 is 0 Å². The summed E-state index contributed by atoms with van der Waals surface area (Å²) in [6, 6.07) is 5.49. The lowest BCUT2D eigenvalue weighted by atomic mass is 9.97. The molecule has 0 saturated carbocycles. The van der Waals surface area contributed by atoms with Crippen molar-refractivity contribution in [2.24, 2.45) is 0 Å². The molecule has 4 heteroatoms. The second kappa shape index (κ2) is 5.66. The van der Waals surface area contributed by atoms with Crippen LogP contribution in [-0.2, 0) is 4.79 Å². The second-order valence-electron chi connectivity index (χ2n) is 6.77. The van der Waals surface area contributed by atoms with E-state index in [1.165, 1.54) is 0 Å². The van der Waals surface area contributed by atoms with E-state index in [0.717, 1.165) is 5.56 Å². The van der Waals surface area contributed by atoms with Crippen molar-refractivity contribution in [3.63, 3.8) is 0 Å². The molecule has 116 valence electrons. The van der Waals surface area contributed by atoms with Crippen molar-refractivity contribution >= 4 is 11.6 Å². The van der Waals surface area contributed by atoms with Crippen molar-refractivity contribution in [3.05, 3.63) is 29.6 Å². The molecule has 1 aromatic carbocycles. The van der Waals surface area contributed by atoms with E-state index in [4.69, 9.17) is 0 Å². The number of anilines is 1. The molecule has 0 atom stereocenters. The van der Waals surface area contributed by atoms with Crippen LogP contribution in [0.2, 0.25) is 0 Å². The van der Waals surface area contributed by atoms with Gasteiger partial charge >= 0.3 is 0 Å². The topological polar surface area (TPSA) is 23.6 Å². The summed E-state index contributed by atoms with van der Waals surface area (Å²) in [5, 5.41) is 0. The lowest BCUT2D eigenvalue weighted by Crippen LogP contribution is -2.60. The van der Waals surface area contributed by atoms with E-state index in [9.17, 15) is 9.18 Å². The van der Waals surface area contributed by atoms with Gasteiger partial charge in [0.15, 0.2) is 0 Å². The molecule has 1 fully saturated rings. The summed E-state index contributed by atoms with van der Waals surface area (Å²) < 4.78 is 14.4. The van der Waals surface area contributed by atoms with E-state index < -0.39 is 0 Å². The maximum absolute atomic E-state index is 14.4. The fraction of sp³-hybridized carbons (Fsp3) is 0.588. The fourth-order valence-electron chi connectivity index (χ4n) is 3.08. The van der Waals surface area contributed by atoms with E-state index in [-0.39, 0.29) is 17.3 Å². The smallest absolute Gasteiger partial charge is 0.220 e. The van der Waals surface area contributed by atoms with E-state index in [0.29, 0.717) is 31.2 Å². The van der Waals surface area contributed by atoms with Crippen LogP contribution in [0.25, 0.3) is 0 Å². The molecule has 1 heterocycles. The first-order valence-corrected chi connectivity index (χ1v) is 7.55. The molecular formula is C17H25FN2O. The minimum absolute atomic E-state index is 0.0790. The molecule has 0 radical (unpaired) electrons. The molecule has 1 aromatic rings. The van der Waals surface area contributed by atoms with Crippen molar-refractivity contribution in [1.29, 1.82) is 0 Å². The number of carbonyl (C=O) groups is 1. The fourth-order valence-corrected chi connectivity index (χ4v) is 3.08. The third-order valence-electron chi connectivity index (χ3n) is 4.26. The highest BCUT2D eigenvalue weighted by Crippen LogP contribution is 2.29. The third kappa shape index (κ3) is 3.20. The zero-order chi connectivity index (χ0) is 15.8. The van der Waals surface area contributed by atoms with Gasteiger partial charge in [0.1, 0.15) is 5.82 Å². The molecule has 21 heavy (non-hydrogen) atoms. The van der Waals surface area contributed by atoms with E-state index in [1.807, 2.05) is 35.8 Å². The van der Waals surface area contributed by atoms with E-state index in [1.54, 1.807) is 13.0 Å². The van der Waals surface area contributed by atoms with Crippen LogP contribution in [0, 0.1) is 5.82 Å². The van der Waals surface area contributed by atoms with Gasteiger partial charge in [-0.05, 0) is 37.5 Å². The Morgan fingerprint density at radius 1 is 1.29 bits per heavy atom. The van der Waals surface area contributed by atoms with Crippen molar-refractivity contribution in [2.75, 3.05) is 24.5 Å². The molecule has 0 aliphatic carbocycles. The molecule has 1 saturated heterocycles. The second-order valence-corrected chi connectivity index (χ2v) is 6.77. The Labute approximate surface area is 126 Å². The summed E-state index contributed by atoms with van der Waals surface area (Å²) in [5.41, 5.74) is 1.36. The van der Waals surface area contributed by atoms with Gasteiger partial charge in [0, 0.05) is 26.6 Å². The number of carbonyl (C=O) groups excluding carboxylic acids is 1. The summed E-state index contributed by atoms with van der Waals surface area (Å²) in [4.78, 5) is 15.6. The van der Waals surface area contributed by atoms with Gasteiger partial charge in [-0.1, -0.05) is 19.9 Å². The number of halogens is 1. The molecule has 0 aromatic heterocycles. The Bertz CT molecular complexity index is 540. The first-order valence-electron chi connectivity index (χ1n) is 7.55. The van der Waals surface area contributed by atoms with Crippen LogP contribution < -0.4 is 4.90 Å². The molecule has 0 bridgehead atoms. The summed E-state index contributed by atoms with van der Waals surface area (Å²) in [5.74, 6) is 0.225. The molecule has 2 rings (SSSR count). The number of hydrogen-bond donors (Lipinski definition) is 0. The van der Waals surface area contributed by atoms with Crippen molar-refractivity contribution in [3.8, 4) is 0 Å². The largest absolute Gasteiger partial charge is 0.365 e. The number of nitrogens with zero attached hydrogens (tertiary/aromatic N) is 2. The quantitative estimate of drug-likeness (QED) is 0.834. The minimum atomic E-state index is -0.284. The predicted octanol–water partition coefficient (Wildman–Crippen LogP) is 3.40. The van der Waals surface area contributed by atoms with Gasteiger partial charge in [0.25, 0.3) is 0 Å². The van der Waals surface area contributed by atoms with Gasteiger partial charge in [-0.15, -0.1) is 0 Å². The zero-order valence-electron chi connectivity index (χ0n) is 13.6. The molecule has 1 amide bonds. The highest BCUT2D eigenvalue weighted by molar-refractivity contribution is 5.74. The van der Waals surface area contributed by atoms with Crippen molar-refractivity contribution in [1.82, 2.24) is 4.90 Å². The number of rotatable bonds is 2. The Morgan fingerprint density at radius 2 is 1.95 bits per heavy atom. The predicted molar refractivity (Wildman–Crippen MR) is 84.2 cm³/mol. The maximum Gasteiger partial charge on any atom is 0.220 e. The first kappa shape index (κ1) is 15.8. The first-order chi connectivity index (χ1) is 9.72. The lowest BCUT2D eigenvalue weighted by molar-refractivity contribution is -0.134. The van der Waals surface area contributed by atoms with Crippen LogP contribution in [0.5, 0.6) is 0 Å². The summed E-state index contributed by atoms with van der Waals surface area (Å²) in [7, 11) is 0. The summed E-state index contributed by atoms with van der Waals surface area (Å²) in [6.07, 6.45) is 0. The highest BCUT2D eigenvalue weighted by atomic mass is 19.1. The Kier molecular flexibility index (Phi) is 4.26. The molecule has 1 aliphatic rings. The van der Waals surface area contributed by atoms with Crippen LogP contribution in [0.4, 0.5) is 10.1 Å². The Hall–Kier alpha value is -1.58. The standard InChI is InChI=1S/C17H25FN2O/c1-12(2)14-6-7-16(15(18)10-14)19-8-9-20(13(3)21)17(4,5)11-19/h6-7,10,12H,8-9,11H2,1-5H3. The van der Waals surface area contributed by atoms with Gasteiger partial charge < -0.3 is 9.80 Å². The third-order valence-corrected chi connectivity index (χ3v) is 4.26. The number of amides is 1. The van der Waals surface area contributed by atoms with Crippen molar-refractivity contribution < 1.29 is 9.18 Å². The number of benzene rings is 1. The summed E-state index contributed by atoms with van der Waals surface area (Å²) >= 11 is 0. The molecule has 1 aliphatic heterocycles. The molecule has 0 N–H and O–H groups in total. The van der Waals surface area contributed by atoms with Crippen molar-refractivity contribution in [2.45, 2.75) is 46.1 Å². The van der Waals surface area contributed by atoms with Gasteiger partial charge in [-0.25, -0.2) is 4.39 Å². The number of hydrogen-bond acceptors (Lipinski definition) is 2. The van der Waals surface area contributed by atoms with Crippen LogP contribution in [-0.4, -0.2) is 36.0 Å². The van der Waals surface area contributed by atoms with Crippen LogP contribution in [0.1, 0.15) is 46.1 Å². The molecule has 0 unspecified atom stereocenters. The van der Waals surface area contributed by atoms with Crippen LogP contribution in [0.3, 0.4) is 0 Å². The van der Waals surface area contributed by atoms with Gasteiger partial charge in [-0.2, -0.15) is 0 Å². The normalized spacial score (nSPS) is 18.2. The average molecular weight is 292 g/mol. The average Bonchev–Trinajstić information content (AvgIpc) is 2.36. The molecule has 0 spiro atoms. The van der Waals surface area contributed by atoms with E-state index >= 15 is 0 Å². The lowest BCUT2D eigenvalue weighted by Gasteiger charge is -2.47. The Morgan fingerprint density at radius 3 is 2.43 bits per heavy atom. The Balaban J connectivity index is 2.23. The van der Waals surface area contributed by atoms with Gasteiger partial charge in [0.05, 0.1) is 11.2 Å². The summed E-state index contributed by atoms with van der Waals surface area (Å²) in [6.45, 7) is 11.7. The monoisotopic (exact) mass is 292 g/mol. The van der Waals surface area contributed by atoms with Gasteiger partial charge in [0.2, 0.25) is 5.91 Å². The van der Waals surface area contributed by atoms with Crippen LogP contribution in [0.15, 0.2) is 18.2 Å².